The summed E-state index contributed by atoms with van der Waals surface area (Å²) in [7, 11) is 0. The van der Waals surface area contributed by atoms with Gasteiger partial charge in [-0.15, -0.1) is 0 Å². The molecule has 1 aliphatic rings. The number of pyridine rings is 1. The molecule has 7 nitrogen and oxygen atoms in total. The molecule has 0 radical (unpaired) electrons. The summed E-state index contributed by atoms with van der Waals surface area (Å²) >= 11 is 0. The number of alkyl halides is 3. The fourth-order valence-corrected chi connectivity index (χ4v) is 4.34. The van der Waals surface area contributed by atoms with Crippen molar-refractivity contribution >= 4 is 23.1 Å². The Morgan fingerprint density at radius 3 is 2.49 bits per heavy atom. The van der Waals surface area contributed by atoms with Gasteiger partial charge in [0.05, 0.1) is 16.8 Å². The summed E-state index contributed by atoms with van der Waals surface area (Å²) in [6, 6.07) is 13.5. The molecule has 1 aromatic heterocycles. The highest BCUT2D eigenvalue weighted by atomic mass is 19.4. The molecule has 1 amide bonds. The highest BCUT2D eigenvalue weighted by Crippen LogP contribution is 2.40. The van der Waals surface area contributed by atoms with Crippen LogP contribution in [0.25, 0.3) is 0 Å². The van der Waals surface area contributed by atoms with Crippen molar-refractivity contribution in [1.82, 2.24) is 4.98 Å². The Balaban J connectivity index is 1.67. The van der Waals surface area contributed by atoms with Gasteiger partial charge < -0.3 is 22.1 Å². The third kappa shape index (κ3) is 7.37. The molecule has 0 bridgehead atoms. The van der Waals surface area contributed by atoms with E-state index in [1.54, 1.807) is 18.5 Å². The summed E-state index contributed by atoms with van der Waals surface area (Å²) in [5, 5.41) is 12.6. The van der Waals surface area contributed by atoms with Crippen molar-refractivity contribution in [1.29, 1.82) is 5.41 Å². The molecule has 1 atom stereocenters. The van der Waals surface area contributed by atoms with E-state index in [9.17, 15) is 22.4 Å². The van der Waals surface area contributed by atoms with E-state index in [4.69, 9.17) is 16.9 Å². The van der Waals surface area contributed by atoms with Crippen LogP contribution in [0.2, 0.25) is 0 Å². The van der Waals surface area contributed by atoms with E-state index in [2.05, 4.69) is 22.2 Å². The number of aromatic nitrogens is 1. The first-order valence-corrected chi connectivity index (χ1v) is 12.9. The van der Waals surface area contributed by atoms with Gasteiger partial charge in [0, 0.05) is 23.6 Å². The topological polar surface area (TPSA) is 130 Å². The van der Waals surface area contributed by atoms with Gasteiger partial charge in [-0.25, -0.2) is 4.39 Å². The number of halogens is 4. The van der Waals surface area contributed by atoms with Crippen LogP contribution in [0.15, 0.2) is 90.9 Å². The molecule has 1 fully saturated rings. The van der Waals surface area contributed by atoms with Gasteiger partial charge >= 0.3 is 6.18 Å². The van der Waals surface area contributed by atoms with Crippen LogP contribution in [-0.4, -0.2) is 22.9 Å². The number of hydrogen-bond donors (Lipinski definition) is 5. The molecule has 1 heterocycles. The van der Waals surface area contributed by atoms with Gasteiger partial charge in [0.25, 0.3) is 5.91 Å². The number of amidine groups is 1. The molecule has 1 unspecified atom stereocenters. The average molecular weight is 567 g/mol. The zero-order valence-electron chi connectivity index (χ0n) is 22.1. The van der Waals surface area contributed by atoms with Crippen LogP contribution in [0.4, 0.5) is 28.9 Å². The number of anilines is 2. The fourth-order valence-electron chi connectivity index (χ4n) is 4.34. The highest BCUT2D eigenvalue weighted by molar-refractivity contribution is 6.06. The van der Waals surface area contributed by atoms with Gasteiger partial charge in [-0.1, -0.05) is 43.7 Å². The number of nitrogens with zero attached hydrogens (tertiary/aromatic N) is 1. The first-order valence-electron chi connectivity index (χ1n) is 12.9. The van der Waals surface area contributed by atoms with Crippen LogP contribution >= 0.6 is 0 Å². The summed E-state index contributed by atoms with van der Waals surface area (Å²) in [6.07, 6.45) is 2.59. The molecule has 1 aliphatic carbocycles. The minimum absolute atomic E-state index is 0.181. The van der Waals surface area contributed by atoms with Crippen LogP contribution in [0, 0.1) is 17.1 Å². The van der Waals surface area contributed by atoms with E-state index >= 15 is 0 Å². The maximum atomic E-state index is 15.0. The smallest absolute Gasteiger partial charge is 0.384 e. The van der Waals surface area contributed by atoms with E-state index < -0.39 is 34.7 Å². The molecular formula is C30H30F4N6O. The minimum Gasteiger partial charge on any atom is -0.384 e. The van der Waals surface area contributed by atoms with Crippen LogP contribution < -0.4 is 22.1 Å². The van der Waals surface area contributed by atoms with Crippen LogP contribution in [0.5, 0.6) is 0 Å². The highest BCUT2D eigenvalue weighted by Gasteiger charge is 2.34. The van der Waals surface area contributed by atoms with Gasteiger partial charge in [-0.05, 0) is 66.3 Å². The molecule has 1 saturated carbocycles. The summed E-state index contributed by atoms with van der Waals surface area (Å²) in [5.74, 6) is -1.56. The van der Waals surface area contributed by atoms with E-state index in [0.29, 0.717) is 29.5 Å². The first kappa shape index (κ1) is 29.5. The third-order valence-corrected chi connectivity index (χ3v) is 6.93. The van der Waals surface area contributed by atoms with Crippen molar-refractivity contribution in [2.24, 2.45) is 17.4 Å². The summed E-state index contributed by atoms with van der Waals surface area (Å²) in [6.45, 7) is 3.01. The number of nitrogens with one attached hydrogen (secondary N) is 3. The van der Waals surface area contributed by atoms with Crippen molar-refractivity contribution in [2.75, 3.05) is 10.6 Å². The minimum atomic E-state index is -4.82. The molecule has 214 valence electrons. The van der Waals surface area contributed by atoms with Crippen molar-refractivity contribution in [3.8, 4) is 0 Å². The number of allylic oxidation sites excluding steroid dienone is 2. The standard InChI is InChI=1S/C30H30F4N6O/c1-18(30(32,33)34)14-26(39-23-6-2-4-20(15-23)27(35)36)28(41)40-25-16-21(9-10-24(25)31)29(37,12-11-19-7-8-19)22-5-3-13-38-17-22/h2-6,9-10,13-17,19,39H,1,7-8,11-12,37H2,(H3,35,36)(H,40,41)/b26-14-. The molecule has 2 aromatic carbocycles. The Morgan fingerprint density at radius 2 is 1.85 bits per heavy atom. The largest absolute Gasteiger partial charge is 0.415 e. The Morgan fingerprint density at radius 1 is 1.10 bits per heavy atom. The predicted molar refractivity (Wildman–Crippen MR) is 151 cm³/mol. The van der Waals surface area contributed by atoms with Crippen LogP contribution in [0.1, 0.15) is 42.4 Å². The molecule has 7 N–H and O–H groups in total. The van der Waals surface area contributed by atoms with Gasteiger partial charge in [0.15, 0.2) is 0 Å². The van der Waals surface area contributed by atoms with Gasteiger partial charge in [-0.3, -0.25) is 15.2 Å². The molecular weight excluding hydrogens is 536 g/mol. The number of hydrogen-bond acceptors (Lipinski definition) is 5. The molecule has 0 saturated heterocycles. The zero-order valence-corrected chi connectivity index (χ0v) is 22.1. The maximum Gasteiger partial charge on any atom is 0.415 e. The number of carbonyl (C=O) groups excluding carboxylic acids is 1. The number of carbonyl (C=O) groups is 1. The van der Waals surface area contributed by atoms with E-state index in [1.165, 1.54) is 36.4 Å². The van der Waals surface area contributed by atoms with Crippen LogP contribution in [-0.2, 0) is 10.3 Å². The SMILES string of the molecule is C=C(/C=C(\Nc1cccc(C(=N)N)c1)C(=O)Nc1cc(C(N)(CCC2CC2)c2cccnc2)ccc1F)C(F)(F)F. The second-order valence-electron chi connectivity index (χ2n) is 10.0. The average Bonchev–Trinajstić information content (AvgIpc) is 3.77. The summed E-state index contributed by atoms with van der Waals surface area (Å²) in [5.41, 5.74) is 10.9. The lowest BCUT2D eigenvalue weighted by molar-refractivity contribution is -0.112. The molecule has 3 aromatic rings. The Hall–Kier alpha value is -4.51. The maximum absolute atomic E-state index is 15.0. The van der Waals surface area contributed by atoms with Crippen molar-refractivity contribution in [3.05, 3.63) is 113 Å². The first-order chi connectivity index (χ1) is 19.4. The number of benzene rings is 2. The molecule has 0 aliphatic heterocycles. The Labute approximate surface area is 234 Å². The number of amides is 1. The van der Waals surface area contributed by atoms with E-state index in [1.807, 2.05) is 6.07 Å². The van der Waals surface area contributed by atoms with Crippen LogP contribution in [0.3, 0.4) is 0 Å². The molecule has 0 spiro atoms. The van der Waals surface area contributed by atoms with Crippen molar-refractivity contribution in [3.63, 3.8) is 0 Å². The van der Waals surface area contributed by atoms with Gasteiger partial charge in [0.2, 0.25) is 0 Å². The monoisotopic (exact) mass is 566 g/mol. The van der Waals surface area contributed by atoms with E-state index in [-0.39, 0.29) is 22.8 Å². The predicted octanol–water partition coefficient (Wildman–Crippen LogP) is 5.95. The lowest BCUT2D eigenvalue weighted by Gasteiger charge is -2.31. The quantitative estimate of drug-likeness (QED) is 0.0644. The summed E-state index contributed by atoms with van der Waals surface area (Å²) < 4.78 is 55.0. The fraction of sp³-hybridized carbons (Fsp3) is 0.233. The third-order valence-electron chi connectivity index (χ3n) is 6.93. The number of rotatable bonds is 11. The summed E-state index contributed by atoms with van der Waals surface area (Å²) in [4.78, 5) is 17.5. The second-order valence-corrected chi connectivity index (χ2v) is 10.0. The number of nitrogens with two attached hydrogens (primary N) is 2. The van der Waals surface area contributed by atoms with E-state index in [0.717, 1.165) is 25.3 Å². The van der Waals surface area contributed by atoms with Crippen molar-refractivity contribution in [2.45, 2.75) is 37.4 Å². The molecule has 11 heteroatoms. The Kier molecular flexibility index (Phi) is 8.57. The normalized spacial score (nSPS) is 15.1. The lowest BCUT2D eigenvalue weighted by atomic mass is 9.80. The van der Waals surface area contributed by atoms with Crippen molar-refractivity contribution < 1.29 is 22.4 Å². The lowest BCUT2D eigenvalue weighted by Crippen LogP contribution is -2.38. The second kappa shape index (κ2) is 11.9. The van der Waals surface area contributed by atoms with Gasteiger partial charge in [-0.2, -0.15) is 13.2 Å². The molecule has 41 heavy (non-hydrogen) atoms. The Bertz CT molecular complexity index is 1480. The molecule has 4 rings (SSSR count). The van der Waals surface area contributed by atoms with Gasteiger partial charge in [0.1, 0.15) is 17.3 Å². The zero-order chi connectivity index (χ0) is 29.8. The number of nitrogen functional groups attached to an aromatic ring is 1.